The van der Waals surface area contributed by atoms with Crippen LogP contribution in [0, 0.1) is 12.8 Å². The molecular formula is C31H63. The monoisotopic (exact) mass is 435 g/mol. The zero-order valence-corrected chi connectivity index (χ0v) is 22.4. The molecule has 0 rings (SSSR count). The maximum atomic E-state index is 4.06. The molecule has 0 aromatic heterocycles. The largest absolute Gasteiger partial charge is 0.0654 e. The fourth-order valence-corrected chi connectivity index (χ4v) is 5.06. The first kappa shape index (κ1) is 31.0. The van der Waals surface area contributed by atoms with Crippen LogP contribution in [0.3, 0.4) is 0 Å². The summed E-state index contributed by atoms with van der Waals surface area (Å²) < 4.78 is 0. The first-order valence-corrected chi connectivity index (χ1v) is 15.1. The molecule has 0 nitrogen and oxygen atoms in total. The molecule has 1 unspecified atom stereocenters. The van der Waals surface area contributed by atoms with Crippen LogP contribution in [0.15, 0.2) is 0 Å². The standard InChI is InChI=1S/C31H63/c1-4-7-10-12-13-14-15-16-17-18-19-20-21-22-23-25-27-30-31(28-9-6-3)29-26-24-11-8-5-2/h31H,3-30H2,1-2H3. The van der Waals surface area contributed by atoms with Crippen LogP contribution in [0.5, 0.6) is 0 Å². The predicted molar refractivity (Wildman–Crippen MR) is 145 cm³/mol. The molecule has 1 atom stereocenters. The summed E-state index contributed by atoms with van der Waals surface area (Å²) in [4.78, 5) is 0. The van der Waals surface area contributed by atoms with Gasteiger partial charge < -0.3 is 0 Å². The summed E-state index contributed by atoms with van der Waals surface area (Å²) in [7, 11) is 0. The molecule has 0 aliphatic heterocycles. The lowest BCUT2D eigenvalue weighted by atomic mass is 9.90. The number of hydrogen-bond donors (Lipinski definition) is 0. The maximum absolute atomic E-state index is 4.06. The Morgan fingerprint density at radius 3 is 0.903 bits per heavy atom. The molecule has 187 valence electrons. The van der Waals surface area contributed by atoms with E-state index in [0.29, 0.717) is 0 Å². The van der Waals surface area contributed by atoms with Gasteiger partial charge in [-0.2, -0.15) is 0 Å². The van der Waals surface area contributed by atoms with E-state index in [9.17, 15) is 0 Å². The summed E-state index contributed by atoms with van der Waals surface area (Å²) in [6.45, 7) is 8.68. The van der Waals surface area contributed by atoms with Gasteiger partial charge in [0.1, 0.15) is 0 Å². The van der Waals surface area contributed by atoms with Gasteiger partial charge in [0.15, 0.2) is 0 Å². The van der Waals surface area contributed by atoms with Gasteiger partial charge in [-0.25, -0.2) is 0 Å². The molecule has 0 spiro atoms. The number of hydrogen-bond acceptors (Lipinski definition) is 0. The highest BCUT2D eigenvalue weighted by Crippen LogP contribution is 2.24. The number of unbranched alkanes of at least 4 members (excludes halogenated alkanes) is 21. The summed E-state index contributed by atoms with van der Waals surface area (Å²) in [5, 5.41) is 0. The van der Waals surface area contributed by atoms with E-state index in [1.54, 1.807) is 0 Å². The van der Waals surface area contributed by atoms with Crippen molar-refractivity contribution in [3.05, 3.63) is 6.92 Å². The second kappa shape index (κ2) is 28.0. The molecule has 0 aliphatic carbocycles. The van der Waals surface area contributed by atoms with E-state index in [4.69, 9.17) is 0 Å². The van der Waals surface area contributed by atoms with Crippen molar-refractivity contribution in [2.45, 2.75) is 187 Å². The molecule has 31 heavy (non-hydrogen) atoms. The Morgan fingerprint density at radius 2 is 0.613 bits per heavy atom. The maximum Gasteiger partial charge on any atom is -0.0414 e. The first-order valence-electron chi connectivity index (χ1n) is 15.1. The molecule has 0 aromatic carbocycles. The predicted octanol–water partition coefficient (Wildman–Crippen LogP) is 12.0. The highest BCUT2D eigenvalue weighted by Gasteiger charge is 2.08. The number of rotatable bonds is 27. The third-order valence-corrected chi connectivity index (χ3v) is 7.29. The summed E-state index contributed by atoms with van der Waals surface area (Å²) in [6.07, 6.45) is 39.2. The van der Waals surface area contributed by atoms with E-state index in [-0.39, 0.29) is 0 Å². The van der Waals surface area contributed by atoms with Crippen LogP contribution in [0.2, 0.25) is 0 Å². The molecule has 0 heterocycles. The van der Waals surface area contributed by atoms with Gasteiger partial charge in [0, 0.05) is 0 Å². The lowest BCUT2D eigenvalue weighted by Gasteiger charge is -2.16. The summed E-state index contributed by atoms with van der Waals surface area (Å²) in [5.41, 5.74) is 0. The van der Waals surface area contributed by atoms with Gasteiger partial charge in [0.25, 0.3) is 0 Å². The molecule has 0 fully saturated rings. The minimum atomic E-state index is 1.000. The Kier molecular flexibility index (Phi) is 28.0. The fourth-order valence-electron chi connectivity index (χ4n) is 5.06. The molecule has 0 amide bonds. The van der Waals surface area contributed by atoms with Crippen molar-refractivity contribution in [2.24, 2.45) is 5.92 Å². The van der Waals surface area contributed by atoms with Crippen molar-refractivity contribution in [3.63, 3.8) is 0 Å². The molecule has 0 bridgehead atoms. The Bertz CT molecular complexity index is 294. The highest BCUT2D eigenvalue weighted by molar-refractivity contribution is 4.62. The highest BCUT2D eigenvalue weighted by atomic mass is 14.1. The van der Waals surface area contributed by atoms with Gasteiger partial charge in [-0.3, -0.25) is 0 Å². The van der Waals surface area contributed by atoms with Crippen molar-refractivity contribution >= 4 is 0 Å². The zero-order valence-electron chi connectivity index (χ0n) is 22.4. The molecule has 0 aromatic rings. The van der Waals surface area contributed by atoms with Gasteiger partial charge in [-0.15, -0.1) is 0 Å². The van der Waals surface area contributed by atoms with E-state index in [0.717, 1.165) is 12.3 Å². The SMILES string of the molecule is [CH2]CCCC(CCCCCCC)CCCCCCCCCCCCCCCCCCC. The van der Waals surface area contributed by atoms with E-state index in [2.05, 4.69) is 20.8 Å². The summed E-state index contributed by atoms with van der Waals surface area (Å²) >= 11 is 0. The molecule has 0 aliphatic rings. The van der Waals surface area contributed by atoms with E-state index in [1.165, 1.54) is 167 Å². The van der Waals surface area contributed by atoms with Crippen LogP contribution < -0.4 is 0 Å². The van der Waals surface area contributed by atoms with Crippen LogP contribution in [-0.2, 0) is 0 Å². The zero-order chi connectivity index (χ0) is 22.7. The minimum absolute atomic E-state index is 1.000. The van der Waals surface area contributed by atoms with Gasteiger partial charge in [0.05, 0.1) is 0 Å². The van der Waals surface area contributed by atoms with Gasteiger partial charge in [-0.05, 0) is 5.92 Å². The smallest absolute Gasteiger partial charge is 0.0414 e. The second-order valence-electron chi connectivity index (χ2n) is 10.5. The summed E-state index contributed by atoms with van der Waals surface area (Å²) in [5.74, 6) is 1.000. The molecule has 0 saturated heterocycles. The average molecular weight is 436 g/mol. The lowest BCUT2D eigenvalue weighted by molar-refractivity contribution is 0.373. The van der Waals surface area contributed by atoms with E-state index >= 15 is 0 Å². The van der Waals surface area contributed by atoms with Gasteiger partial charge >= 0.3 is 0 Å². The van der Waals surface area contributed by atoms with Crippen LogP contribution in [0.25, 0.3) is 0 Å². The average Bonchev–Trinajstić information content (AvgIpc) is 2.78. The normalized spacial score (nSPS) is 12.5. The Morgan fingerprint density at radius 1 is 0.355 bits per heavy atom. The molecule has 1 radical (unpaired) electrons. The van der Waals surface area contributed by atoms with Crippen LogP contribution in [0.1, 0.15) is 187 Å². The lowest BCUT2D eigenvalue weighted by Crippen LogP contribution is -2.01. The first-order chi connectivity index (χ1) is 15.3. The van der Waals surface area contributed by atoms with Gasteiger partial charge in [0.2, 0.25) is 0 Å². The van der Waals surface area contributed by atoms with E-state index in [1.807, 2.05) is 0 Å². The van der Waals surface area contributed by atoms with Crippen LogP contribution in [0.4, 0.5) is 0 Å². The third-order valence-electron chi connectivity index (χ3n) is 7.29. The molecule has 0 saturated carbocycles. The third kappa shape index (κ3) is 26.1. The van der Waals surface area contributed by atoms with Crippen molar-refractivity contribution in [1.29, 1.82) is 0 Å². The molecule has 0 N–H and O–H groups in total. The topological polar surface area (TPSA) is 0 Å². The van der Waals surface area contributed by atoms with Crippen molar-refractivity contribution in [3.8, 4) is 0 Å². The molecular weight excluding hydrogens is 372 g/mol. The Hall–Kier alpha value is 0. The Labute approximate surface area is 200 Å². The fraction of sp³-hybridized carbons (Fsp3) is 0.968. The van der Waals surface area contributed by atoms with Crippen molar-refractivity contribution in [2.75, 3.05) is 0 Å². The van der Waals surface area contributed by atoms with E-state index < -0.39 is 0 Å². The quantitative estimate of drug-likeness (QED) is 0.112. The Balaban J connectivity index is 3.35. The minimum Gasteiger partial charge on any atom is -0.0654 e. The van der Waals surface area contributed by atoms with Crippen molar-refractivity contribution in [1.82, 2.24) is 0 Å². The van der Waals surface area contributed by atoms with Gasteiger partial charge in [-0.1, -0.05) is 194 Å². The van der Waals surface area contributed by atoms with Crippen molar-refractivity contribution < 1.29 is 0 Å². The van der Waals surface area contributed by atoms with Crippen LogP contribution in [-0.4, -0.2) is 0 Å². The second-order valence-corrected chi connectivity index (χ2v) is 10.5. The van der Waals surface area contributed by atoms with Crippen LogP contribution >= 0.6 is 0 Å². The summed E-state index contributed by atoms with van der Waals surface area (Å²) in [6, 6.07) is 0. The molecule has 0 heteroatoms.